The molecule has 0 spiro atoms. The van der Waals surface area contributed by atoms with Crippen LogP contribution in [0.1, 0.15) is 33.6 Å². The molecule has 2 fully saturated rings. The van der Waals surface area contributed by atoms with Gasteiger partial charge in [-0.2, -0.15) is 0 Å². The zero-order valence-electron chi connectivity index (χ0n) is 16.7. The molecule has 0 aromatic carbocycles. The fourth-order valence-electron chi connectivity index (χ4n) is 3.79. The molecule has 1 saturated carbocycles. The van der Waals surface area contributed by atoms with Crippen LogP contribution in [0.2, 0.25) is 0 Å². The predicted octanol–water partition coefficient (Wildman–Crippen LogP) is 0.203. The number of carboxylic acids is 1. The van der Waals surface area contributed by atoms with Gasteiger partial charge < -0.3 is 20.1 Å². The fraction of sp³-hybridized carbons (Fsp3) is 0.833. The van der Waals surface area contributed by atoms with E-state index in [0.29, 0.717) is 32.7 Å². The molecule has 1 saturated heterocycles. The number of carbonyl (C=O) groups excluding carboxylic acids is 2. The number of ether oxygens (including phenoxy) is 1. The number of carboxylic acid groups (broad SMARTS) is 1. The molecule has 0 aromatic rings. The third-order valence-corrected chi connectivity index (χ3v) is 5.74. The van der Waals surface area contributed by atoms with E-state index in [2.05, 4.69) is 5.32 Å². The number of nitrogens with zero attached hydrogens (tertiary/aromatic N) is 3. The van der Waals surface area contributed by atoms with Gasteiger partial charge in [-0.05, 0) is 33.2 Å². The largest absolute Gasteiger partial charge is 0.480 e. The minimum Gasteiger partial charge on any atom is -0.480 e. The van der Waals surface area contributed by atoms with E-state index < -0.39 is 11.5 Å². The molecule has 2 rings (SSSR count). The van der Waals surface area contributed by atoms with E-state index in [-0.39, 0.29) is 30.6 Å². The number of nitrogens with one attached hydrogen (secondary N) is 1. The van der Waals surface area contributed by atoms with Gasteiger partial charge in [0.2, 0.25) is 0 Å². The third-order valence-electron chi connectivity index (χ3n) is 5.74. The quantitative estimate of drug-likeness (QED) is 0.605. The van der Waals surface area contributed by atoms with Crippen LogP contribution in [0.5, 0.6) is 0 Å². The van der Waals surface area contributed by atoms with Crippen molar-refractivity contribution in [3.63, 3.8) is 0 Å². The first-order valence-corrected chi connectivity index (χ1v) is 9.53. The molecule has 0 radical (unpaired) electrons. The van der Waals surface area contributed by atoms with Crippen LogP contribution in [0.3, 0.4) is 0 Å². The lowest BCUT2D eigenvalue weighted by atomic mass is 9.85. The Kier molecular flexibility index (Phi) is 7.05. The molecule has 1 aliphatic carbocycles. The van der Waals surface area contributed by atoms with Crippen molar-refractivity contribution in [2.75, 3.05) is 46.4 Å². The number of likely N-dealkylation sites (N-methyl/N-ethyl adjacent to an activating group) is 1. The van der Waals surface area contributed by atoms with E-state index >= 15 is 0 Å². The topological polar surface area (TPSA) is 102 Å². The van der Waals surface area contributed by atoms with Gasteiger partial charge in [0, 0.05) is 38.3 Å². The molecule has 0 aromatic heterocycles. The summed E-state index contributed by atoms with van der Waals surface area (Å²) in [5, 5.41) is 12.0. The lowest BCUT2D eigenvalue weighted by Gasteiger charge is -2.44. The summed E-state index contributed by atoms with van der Waals surface area (Å²) >= 11 is 0. The first kappa shape index (κ1) is 21.4. The molecule has 154 valence electrons. The normalized spacial score (nSPS) is 23.7. The number of hydrogen-bond donors (Lipinski definition) is 2. The van der Waals surface area contributed by atoms with E-state index in [1.54, 1.807) is 4.90 Å². The summed E-state index contributed by atoms with van der Waals surface area (Å²) in [5.74, 6) is -1.10. The number of piperazine rings is 1. The van der Waals surface area contributed by atoms with Crippen molar-refractivity contribution in [3.05, 3.63) is 0 Å². The van der Waals surface area contributed by atoms with Crippen LogP contribution in [-0.4, -0.2) is 102 Å². The maximum Gasteiger partial charge on any atom is 0.325 e. The van der Waals surface area contributed by atoms with Crippen LogP contribution in [-0.2, 0) is 14.3 Å². The Bertz CT molecular complexity index is 554. The molecule has 1 heterocycles. The minimum absolute atomic E-state index is 0.0414. The number of aliphatic carboxylic acids is 1. The van der Waals surface area contributed by atoms with E-state index in [4.69, 9.17) is 9.84 Å². The van der Waals surface area contributed by atoms with Gasteiger partial charge in [0.05, 0.1) is 13.7 Å². The molecule has 27 heavy (non-hydrogen) atoms. The SMILES string of the molecule is CCN(CC(=O)O)C1CC(NC(=O)N2CCN(C(C)(C)C(=O)OC)CC2)C1. The van der Waals surface area contributed by atoms with Crippen molar-refractivity contribution in [3.8, 4) is 0 Å². The highest BCUT2D eigenvalue weighted by Gasteiger charge is 2.39. The molecule has 9 heteroatoms. The third kappa shape index (κ3) is 5.10. The molecule has 9 nitrogen and oxygen atoms in total. The van der Waals surface area contributed by atoms with Crippen molar-refractivity contribution in [2.45, 2.75) is 51.2 Å². The van der Waals surface area contributed by atoms with Gasteiger partial charge in [0.25, 0.3) is 0 Å². The van der Waals surface area contributed by atoms with Crippen molar-refractivity contribution in [1.29, 1.82) is 0 Å². The number of hydrogen-bond acceptors (Lipinski definition) is 6. The second-order valence-corrected chi connectivity index (χ2v) is 7.75. The molecule has 2 amide bonds. The zero-order valence-corrected chi connectivity index (χ0v) is 16.7. The highest BCUT2D eigenvalue weighted by Crippen LogP contribution is 2.26. The smallest absolute Gasteiger partial charge is 0.325 e. The second-order valence-electron chi connectivity index (χ2n) is 7.75. The van der Waals surface area contributed by atoms with Crippen LogP contribution >= 0.6 is 0 Å². The highest BCUT2D eigenvalue weighted by atomic mass is 16.5. The van der Waals surface area contributed by atoms with Crippen LogP contribution in [0.4, 0.5) is 4.79 Å². The average Bonchev–Trinajstić information content (AvgIpc) is 2.61. The lowest BCUT2D eigenvalue weighted by Crippen LogP contribution is -2.62. The molecular weight excluding hydrogens is 352 g/mol. The maximum atomic E-state index is 12.5. The summed E-state index contributed by atoms with van der Waals surface area (Å²) in [4.78, 5) is 41.0. The van der Waals surface area contributed by atoms with Gasteiger partial charge in [0.15, 0.2) is 0 Å². The molecular formula is C18H32N4O5. The minimum atomic E-state index is -0.822. The molecule has 0 atom stereocenters. The second kappa shape index (κ2) is 8.88. The van der Waals surface area contributed by atoms with Gasteiger partial charge in [-0.1, -0.05) is 6.92 Å². The summed E-state index contributed by atoms with van der Waals surface area (Å²) in [6, 6.07) is 0.222. The monoisotopic (exact) mass is 384 g/mol. The van der Waals surface area contributed by atoms with Gasteiger partial charge in [-0.3, -0.25) is 19.4 Å². The summed E-state index contributed by atoms with van der Waals surface area (Å²) in [7, 11) is 1.38. The lowest BCUT2D eigenvalue weighted by molar-refractivity contribution is -0.154. The molecule has 0 unspecified atom stereocenters. The Hall–Kier alpha value is -1.87. The van der Waals surface area contributed by atoms with Crippen LogP contribution in [0.15, 0.2) is 0 Å². The summed E-state index contributed by atoms with van der Waals surface area (Å²) in [5.41, 5.74) is -0.702. The summed E-state index contributed by atoms with van der Waals surface area (Å²) in [6.07, 6.45) is 1.56. The molecule has 2 N–H and O–H groups in total. The van der Waals surface area contributed by atoms with Gasteiger partial charge >= 0.3 is 18.0 Å². The van der Waals surface area contributed by atoms with Crippen molar-refractivity contribution in [2.24, 2.45) is 0 Å². The number of amides is 2. The number of methoxy groups -OCH3 is 1. The van der Waals surface area contributed by atoms with Gasteiger partial charge in [-0.15, -0.1) is 0 Å². The Balaban J connectivity index is 1.75. The average molecular weight is 384 g/mol. The van der Waals surface area contributed by atoms with E-state index in [9.17, 15) is 14.4 Å². The van der Waals surface area contributed by atoms with Crippen LogP contribution < -0.4 is 5.32 Å². The first-order valence-electron chi connectivity index (χ1n) is 9.53. The van der Waals surface area contributed by atoms with Crippen molar-refractivity contribution < 1.29 is 24.2 Å². The van der Waals surface area contributed by atoms with Gasteiger partial charge in [-0.25, -0.2) is 4.79 Å². The van der Waals surface area contributed by atoms with Crippen LogP contribution in [0.25, 0.3) is 0 Å². The summed E-state index contributed by atoms with van der Waals surface area (Å²) in [6.45, 7) is 8.69. The Morgan fingerprint density at radius 3 is 2.26 bits per heavy atom. The Morgan fingerprint density at radius 2 is 1.78 bits per heavy atom. The molecule has 1 aliphatic heterocycles. The van der Waals surface area contributed by atoms with Crippen molar-refractivity contribution in [1.82, 2.24) is 20.0 Å². The van der Waals surface area contributed by atoms with Crippen molar-refractivity contribution >= 4 is 18.0 Å². The fourth-order valence-corrected chi connectivity index (χ4v) is 3.79. The molecule has 2 aliphatic rings. The van der Waals surface area contributed by atoms with Gasteiger partial charge in [0.1, 0.15) is 5.54 Å². The highest BCUT2D eigenvalue weighted by molar-refractivity contribution is 5.80. The van der Waals surface area contributed by atoms with E-state index in [1.807, 2.05) is 30.6 Å². The number of carbonyl (C=O) groups is 3. The maximum absolute atomic E-state index is 12.5. The van der Waals surface area contributed by atoms with E-state index in [0.717, 1.165) is 12.8 Å². The van der Waals surface area contributed by atoms with E-state index in [1.165, 1.54) is 7.11 Å². The number of urea groups is 1. The zero-order chi connectivity index (χ0) is 20.2. The number of esters is 1. The first-order chi connectivity index (χ1) is 12.7. The van der Waals surface area contributed by atoms with Crippen LogP contribution in [0, 0.1) is 0 Å². The number of rotatable bonds is 7. The standard InChI is InChI=1S/C18H32N4O5/c1-5-20(12-15(23)24)14-10-13(11-14)19-17(26)21-6-8-22(9-7-21)18(2,3)16(25)27-4/h13-14H,5-12H2,1-4H3,(H,19,26)(H,23,24). The Labute approximate surface area is 160 Å². The Morgan fingerprint density at radius 1 is 1.19 bits per heavy atom. The predicted molar refractivity (Wildman–Crippen MR) is 99.5 cm³/mol. The summed E-state index contributed by atoms with van der Waals surface area (Å²) < 4.78 is 4.87. The molecule has 0 bridgehead atoms.